The lowest BCUT2D eigenvalue weighted by atomic mass is 10.1. The maximum absolute atomic E-state index is 12.5. The lowest BCUT2D eigenvalue weighted by Gasteiger charge is -2.11. The zero-order valence-corrected chi connectivity index (χ0v) is 18.6. The van der Waals surface area contributed by atoms with Gasteiger partial charge in [-0.1, -0.05) is 12.1 Å². The minimum absolute atomic E-state index is 0.156. The number of amides is 1. The van der Waals surface area contributed by atoms with Crippen LogP contribution in [0.25, 0.3) is 0 Å². The van der Waals surface area contributed by atoms with Crippen LogP contribution in [0.15, 0.2) is 36.4 Å². The van der Waals surface area contributed by atoms with Crippen LogP contribution >= 0.6 is 11.3 Å². The van der Waals surface area contributed by atoms with Crippen LogP contribution in [-0.2, 0) is 32.5 Å². The van der Waals surface area contributed by atoms with Crippen molar-refractivity contribution in [2.75, 3.05) is 12.8 Å². The minimum atomic E-state index is -3.24. The predicted octanol–water partition coefficient (Wildman–Crippen LogP) is 1.90. The third-order valence-electron chi connectivity index (χ3n) is 4.04. The zero-order chi connectivity index (χ0) is 22.3. The molecule has 8 nitrogen and oxygen atoms in total. The summed E-state index contributed by atoms with van der Waals surface area (Å²) in [5.41, 5.74) is 1.16. The molecule has 30 heavy (non-hydrogen) atoms. The van der Waals surface area contributed by atoms with Crippen LogP contribution in [0.3, 0.4) is 0 Å². The van der Waals surface area contributed by atoms with Crippen molar-refractivity contribution in [1.82, 2.24) is 10.0 Å². The highest BCUT2D eigenvalue weighted by Gasteiger charge is 2.22. The molecule has 0 unspecified atom stereocenters. The molecule has 2 N–H and O–H groups in total. The predicted molar refractivity (Wildman–Crippen MR) is 114 cm³/mol. The normalized spacial score (nSPS) is 12.2. The van der Waals surface area contributed by atoms with Gasteiger partial charge in [0, 0.05) is 18.3 Å². The average molecular weight is 453 g/mol. The molecule has 0 radical (unpaired) electrons. The Labute approximate surface area is 179 Å². The van der Waals surface area contributed by atoms with Gasteiger partial charge in [-0.2, -0.15) is 0 Å². The molecule has 1 aromatic heterocycles. The van der Waals surface area contributed by atoms with E-state index in [0.29, 0.717) is 23.4 Å². The average Bonchev–Trinajstić information content (AvgIpc) is 3.14. The van der Waals surface area contributed by atoms with Crippen molar-refractivity contribution in [1.29, 1.82) is 0 Å². The number of hydrogen-bond acceptors (Lipinski definition) is 7. The van der Waals surface area contributed by atoms with Gasteiger partial charge >= 0.3 is 5.97 Å². The van der Waals surface area contributed by atoms with Gasteiger partial charge in [0.1, 0.15) is 0 Å². The fourth-order valence-corrected chi connectivity index (χ4v) is 3.93. The Morgan fingerprint density at radius 1 is 1.10 bits per heavy atom. The molecule has 0 spiro atoms. The van der Waals surface area contributed by atoms with Crippen molar-refractivity contribution >= 4 is 39.0 Å². The van der Waals surface area contributed by atoms with E-state index in [1.165, 1.54) is 25.2 Å². The number of ether oxygens (including phenoxy) is 1. The highest BCUT2D eigenvalue weighted by molar-refractivity contribution is 7.88. The molecule has 0 aliphatic heterocycles. The fraction of sp³-hybridized carbons (Fsp3) is 0.350. The standard InChI is InChI=1S/C20H24N2O6S2/c1-13(19(24)18-9-8-17(29-18)12-21-14(2)23)28-20(25)16-6-4-15(5-7-16)10-11-22-30(3,26)27/h4-9,13,22H,10-12H2,1-3H3,(H,21,23)/t13-/m1/s1. The van der Waals surface area contributed by atoms with Crippen molar-refractivity contribution in [3.8, 4) is 0 Å². The third-order valence-corrected chi connectivity index (χ3v) is 5.86. The number of benzene rings is 1. The molecule has 0 aliphatic carbocycles. The first-order valence-electron chi connectivity index (χ1n) is 9.17. The Kier molecular flexibility index (Phi) is 8.27. The number of thiophene rings is 1. The monoisotopic (exact) mass is 452 g/mol. The molecule has 162 valence electrons. The SMILES string of the molecule is CC(=O)NCc1ccc(C(=O)[C@@H](C)OC(=O)c2ccc(CCNS(C)(=O)=O)cc2)s1. The number of ketones is 1. The summed E-state index contributed by atoms with van der Waals surface area (Å²) in [6.07, 6.45) is 0.619. The number of nitrogens with one attached hydrogen (secondary N) is 2. The Hall–Kier alpha value is -2.56. The van der Waals surface area contributed by atoms with Crippen LogP contribution < -0.4 is 10.0 Å². The van der Waals surface area contributed by atoms with Crippen LogP contribution in [0.1, 0.15) is 44.3 Å². The van der Waals surface area contributed by atoms with Gasteiger partial charge in [-0.3, -0.25) is 9.59 Å². The summed E-state index contributed by atoms with van der Waals surface area (Å²) < 4.78 is 29.8. The van der Waals surface area contributed by atoms with E-state index in [9.17, 15) is 22.8 Å². The van der Waals surface area contributed by atoms with Crippen LogP contribution in [0.2, 0.25) is 0 Å². The Balaban J connectivity index is 1.90. The molecule has 0 saturated heterocycles. The molecule has 1 heterocycles. The van der Waals surface area contributed by atoms with Gasteiger partial charge in [-0.05, 0) is 43.2 Å². The molecule has 2 rings (SSSR count). The van der Waals surface area contributed by atoms with E-state index >= 15 is 0 Å². The number of carbonyl (C=O) groups excluding carboxylic acids is 3. The zero-order valence-electron chi connectivity index (χ0n) is 16.9. The molecular weight excluding hydrogens is 428 g/mol. The van der Waals surface area contributed by atoms with E-state index < -0.39 is 22.1 Å². The van der Waals surface area contributed by atoms with Gasteiger partial charge < -0.3 is 10.1 Å². The summed E-state index contributed by atoms with van der Waals surface area (Å²) in [5.74, 6) is -1.09. The molecule has 10 heteroatoms. The highest BCUT2D eigenvalue weighted by Crippen LogP contribution is 2.19. The minimum Gasteiger partial charge on any atom is -0.451 e. The Bertz CT molecular complexity index is 1010. The van der Waals surface area contributed by atoms with Gasteiger partial charge in [0.2, 0.25) is 21.7 Å². The van der Waals surface area contributed by atoms with Crippen LogP contribution in [0.4, 0.5) is 0 Å². The van der Waals surface area contributed by atoms with Crippen LogP contribution in [-0.4, -0.2) is 45.0 Å². The molecule has 0 saturated carbocycles. The number of hydrogen-bond donors (Lipinski definition) is 2. The van der Waals surface area contributed by atoms with Crippen molar-refractivity contribution < 1.29 is 27.5 Å². The number of Topliss-reactive ketones (excluding diaryl/α,β-unsaturated/α-hetero) is 1. The summed E-state index contributed by atoms with van der Waals surface area (Å²) in [7, 11) is -3.24. The van der Waals surface area contributed by atoms with E-state index in [-0.39, 0.29) is 18.2 Å². The smallest absolute Gasteiger partial charge is 0.338 e. The number of rotatable bonds is 10. The largest absolute Gasteiger partial charge is 0.451 e. The maximum Gasteiger partial charge on any atom is 0.338 e. The molecule has 1 amide bonds. The van der Waals surface area contributed by atoms with Gasteiger partial charge in [-0.25, -0.2) is 17.9 Å². The van der Waals surface area contributed by atoms with Gasteiger partial charge in [0.15, 0.2) is 6.10 Å². The number of carbonyl (C=O) groups is 3. The summed E-state index contributed by atoms with van der Waals surface area (Å²) in [6, 6.07) is 9.97. The summed E-state index contributed by atoms with van der Waals surface area (Å²) in [5, 5.41) is 2.66. The lowest BCUT2D eigenvalue weighted by molar-refractivity contribution is -0.119. The molecule has 0 aliphatic rings. The number of esters is 1. The van der Waals surface area contributed by atoms with E-state index in [2.05, 4.69) is 10.0 Å². The van der Waals surface area contributed by atoms with E-state index in [1.807, 2.05) is 0 Å². The molecule has 1 atom stereocenters. The maximum atomic E-state index is 12.5. The third kappa shape index (κ3) is 7.69. The van der Waals surface area contributed by atoms with Crippen molar-refractivity contribution in [3.63, 3.8) is 0 Å². The molecule has 0 fully saturated rings. The molecule has 2 aromatic rings. The van der Waals surface area contributed by atoms with Crippen molar-refractivity contribution in [2.24, 2.45) is 0 Å². The van der Waals surface area contributed by atoms with E-state index in [0.717, 1.165) is 16.7 Å². The second-order valence-corrected chi connectivity index (χ2v) is 9.70. The van der Waals surface area contributed by atoms with E-state index in [1.54, 1.807) is 36.4 Å². The first-order chi connectivity index (χ1) is 14.0. The quantitative estimate of drug-likeness (QED) is 0.420. The summed E-state index contributed by atoms with van der Waals surface area (Å²) in [4.78, 5) is 37.1. The second-order valence-electron chi connectivity index (χ2n) is 6.70. The molecular formula is C20H24N2O6S2. The van der Waals surface area contributed by atoms with Gasteiger partial charge in [-0.15, -0.1) is 11.3 Å². The van der Waals surface area contributed by atoms with Gasteiger partial charge in [0.05, 0.1) is 23.2 Å². The lowest BCUT2D eigenvalue weighted by Crippen LogP contribution is -2.24. The Morgan fingerprint density at radius 2 is 1.77 bits per heavy atom. The van der Waals surface area contributed by atoms with Crippen molar-refractivity contribution in [3.05, 3.63) is 57.3 Å². The topological polar surface area (TPSA) is 119 Å². The molecule has 0 bridgehead atoms. The number of sulfonamides is 1. The Morgan fingerprint density at radius 3 is 2.37 bits per heavy atom. The summed E-state index contributed by atoms with van der Waals surface area (Å²) in [6.45, 7) is 3.53. The highest BCUT2D eigenvalue weighted by atomic mass is 32.2. The molecule has 1 aromatic carbocycles. The van der Waals surface area contributed by atoms with E-state index in [4.69, 9.17) is 4.74 Å². The van der Waals surface area contributed by atoms with Crippen LogP contribution in [0, 0.1) is 0 Å². The first-order valence-corrected chi connectivity index (χ1v) is 11.9. The second kappa shape index (κ2) is 10.5. The van der Waals surface area contributed by atoms with Gasteiger partial charge in [0.25, 0.3) is 0 Å². The van der Waals surface area contributed by atoms with Crippen LogP contribution in [0.5, 0.6) is 0 Å². The first kappa shape index (κ1) is 23.7. The van der Waals surface area contributed by atoms with Crippen molar-refractivity contribution in [2.45, 2.75) is 32.9 Å². The summed E-state index contributed by atoms with van der Waals surface area (Å²) >= 11 is 1.24. The fourth-order valence-electron chi connectivity index (χ4n) is 2.49.